The molecule has 2 heterocycles. The van der Waals surface area contributed by atoms with Crippen LogP contribution in [0, 0.1) is 0 Å². The summed E-state index contributed by atoms with van der Waals surface area (Å²) >= 11 is 7.40. The Kier molecular flexibility index (Phi) is 5.33. The van der Waals surface area contributed by atoms with Gasteiger partial charge in [0.2, 0.25) is 5.91 Å². The Morgan fingerprint density at radius 3 is 2.52 bits per heavy atom. The Balaban J connectivity index is 1.37. The first kappa shape index (κ1) is 19.2. The molecule has 0 aliphatic carbocycles. The van der Waals surface area contributed by atoms with E-state index in [1.54, 1.807) is 42.5 Å². The van der Waals surface area contributed by atoms with Crippen molar-refractivity contribution in [3.8, 4) is 11.3 Å². The fourth-order valence-electron chi connectivity index (χ4n) is 2.79. The minimum Gasteiger partial charge on any atom is -0.341 e. The van der Waals surface area contributed by atoms with Crippen molar-refractivity contribution in [3.63, 3.8) is 0 Å². The monoisotopic (exact) mass is 424 g/mol. The van der Waals surface area contributed by atoms with Crippen molar-refractivity contribution in [1.29, 1.82) is 0 Å². The number of anilines is 1. The molecule has 29 heavy (non-hydrogen) atoms. The normalized spacial score (nSPS) is 11.9. The van der Waals surface area contributed by atoms with E-state index in [1.165, 1.54) is 0 Å². The van der Waals surface area contributed by atoms with Crippen molar-refractivity contribution < 1.29 is 9.59 Å². The highest BCUT2D eigenvalue weighted by atomic mass is 35.5. The molecule has 2 amide bonds. The van der Waals surface area contributed by atoms with Gasteiger partial charge in [-0.2, -0.15) is 0 Å². The summed E-state index contributed by atoms with van der Waals surface area (Å²) in [7, 11) is 0. The molecule has 6 nitrogen and oxygen atoms in total. The van der Waals surface area contributed by atoms with Crippen LogP contribution in [0.5, 0.6) is 0 Å². The number of rotatable bonds is 5. The number of amides is 2. The lowest BCUT2D eigenvalue weighted by atomic mass is 10.1. The van der Waals surface area contributed by atoms with Gasteiger partial charge < -0.3 is 10.6 Å². The highest BCUT2D eigenvalue weighted by molar-refractivity contribution is 7.15. The summed E-state index contributed by atoms with van der Waals surface area (Å²) in [5.74, 6) is -0.637. The third-order valence-electron chi connectivity index (χ3n) is 4.39. The summed E-state index contributed by atoms with van der Waals surface area (Å²) < 4.78 is 1.97. The number of hydrogen-bond acceptors (Lipinski definition) is 4. The number of benzene rings is 2. The van der Waals surface area contributed by atoms with E-state index in [2.05, 4.69) is 15.6 Å². The van der Waals surface area contributed by atoms with Crippen LogP contribution in [0.2, 0.25) is 5.02 Å². The first-order chi connectivity index (χ1) is 14.0. The zero-order chi connectivity index (χ0) is 20.4. The Labute approximate surface area is 176 Å². The van der Waals surface area contributed by atoms with Crippen molar-refractivity contribution in [1.82, 2.24) is 14.7 Å². The Morgan fingerprint density at radius 2 is 1.83 bits per heavy atom. The third kappa shape index (κ3) is 4.31. The average molecular weight is 425 g/mol. The molecule has 1 atom stereocenters. The van der Waals surface area contributed by atoms with Crippen LogP contribution >= 0.6 is 22.9 Å². The van der Waals surface area contributed by atoms with Crippen LogP contribution in [0.4, 0.5) is 5.69 Å². The molecule has 0 bridgehead atoms. The van der Waals surface area contributed by atoms with Gasteiger partial charge in [0.05, 0.1) is 5.69 Å². The maximum Gasteiger partial charge on any atom is 0.251 e. The second-order valence-electron chi connectivity index (χ2n) is 6.49. The average Bonchev–Trinajstić information content (AvgIpc) is 3.31. The van der Waals surface area contributed by atoms with Crippen LogP contribution < -0.4 is 10.6 Å². The molecule has 2 aromatic heterocycles. The van der Waals surface area contributed by atoms with Gasteiger partial charge in [-0.15, -0.1) is 11.3 Å². The third-order valence-corrected chi connectivity index (χ3v) is 5.41. The van der Waals surface area contributed by atoms with E-state index in [-0.39, 0.29) is 11.8 Å². The highest BCUT2D eigenvalue weighted by Gasteiger charge is 2.17. The van der Waals surface area contributed by atoms with E-state index >= 15 is 0 Å². The summed E-state index contributed by atoms with van der Waals surface area (Å²) in [4.78, 5) is 30.1. The fraction of sp³-hybridized carbons (Fsp3) is 0.0952. The summed E-state index contributed by atoms with van der Waals surface area (Å²) in [5.41, 5.74) is 2.92. The Hall–Kier alpha value is -3.16. The number of fused-ring (bicyclic) bond motifs is 1. The number of halogens is 1. The van der Waals surface area contributed by atoms with E-state index in [1.807, 2.05) is 46.4 Å². The predicted octanol–water partition coefficient (Wildman–Crippen LogP) is 4.47. The van der Waals surface area contributed by atoms with Gasteiger partial charge in [0.15, 0.2) is 4.96 Å². The van der Waals surface area contributed by atoms with Crippen LogP contribution in [0.3, 0.4) is 0 Å². The van der Waals surface area contributed by atoms with Crippen molar-refractivity contribution in [2.75, 3.05) is 5.32 Å². The second kappa shape index (κ2) is 8.06. The smallest absolute Gasteiger partial charge is 0.251 e. The molecule has 0 saturated carbocycles. The molecule has 4 rings (SSSR count). The number of imidazole rings is 1. The lowest BCUT2D eigenvalue weighted by Gasteiger charge is -2.14. The van der Waals surface area contributed by atoms with Crippen LogP contribution in [0.25, 0.3) is 16.2 Å². The highest BCUT2D eigenvalue weighted by Crippen LogP contribution is 2.23. The standard InChI is InChI=1S/C21H17ClN4O2S/c1-13(23-20(28)15-2-6-16(22)7-3-15)19(27)24-17-8-4-14(5-9-17)18-12-26-10-11-29-21(26)25-18/h2-13H,1H3,(H,23,28)(H,24,27). The molecule has 0 fully saturated rings. The number of carbonyl (C=O) groups excluding carboxylic acids is 2. The van der Waals surface area contributed by atoms with Crippen molar-refractivity contribution >= 4 is 45.4 Å². The quantitative estimate of drug-likeness (QED) is 0.496. The SMILES string of the molecule is CC(NC(=O)c1ccc(Cl)cc1)C(=O)Nc1ccc(-c2cn3ccsc3n2)cc1. The maximum atomic E-state index is 12.4. The van der Waals surface area contributed by atoms with Gasteiger partial charge in [-0.3, -0.25) is 14.0 Å². The van der Waals surface area contributed by atoms with Gasteiger partial charge in [-0.05, 0) is 43.3 Å². The van der Waals surface area contributed by atoms with Crippen LogP contribution in [-0.2, 0) is 4.79 Å². The molecular weight excluding hydrogens is 408 g/mol. The molecular formula is C21H17ClN4O2S. The van der Waals surface area contributed by atoms with Gasteiger partial charge in [0.1, 0.15) is 6.04 Å². The Bertz CT molecular complexity index is 1140. The minimum atomic E-state index is -0.696. The molecule has 0 radical (unpaired) electrons. The van der Waals surface area contributed by atoms with Gasteiger partial charge in [-0.1, -0.05) is 23.7 Å². The first-order valence-electron chi connectivity index (χ1n) is 8.89. The van der Waals surface area contributed by atoms with E-state index in [9.17, 15) is 9.59 Å². The maximum absolute atomic E-state index is 12.4. The van der Waals surface area contributed by atoms with Gasteiger partial charge in [-0.25, -0.2) is 4.98 Å². The fourth-order valence-corrected chi connectivity index (χ4v) is 3.61. The summed E-state index contributed by atoms with van der Waals surface area (Å²) in [5, 5.41) is 8.02. The summed E-state index contributed by atoms with van der Waals surface area (Å²) in [6.07, 6.45) is 3.93. The summed E-state index contributed by atoms with van der Waals surface area (Å²) in [6, 6.07) is 13.2. The number of carbonyl (C=O) groups is 2. The molecule has 2 N–H and O–H groups in total. The number of hydrogen-bond donors (Lipinski definition) is 2. The zero-order valence-electron chi connectivity index (χ0n) is 15.4. The van der Waals surface area contributed by atoms with E-state index in [4.69, 9.17) is 11.6 Å². The van der Waals surface area contributed by atoms with E-state index in [0.717, 1.165) is 16.2 Å². The number of nitrogens with one attached hydrogen (secondary N) is 2. The van der Waals surface area contributed by atoms with E-state index in [0.29, 0.717) is 16.3 Å². The molecule has 4 aromatic rings. The first-order valence-corrected chi connectivity index (χ1v) is 10.2. The topological polar surface area (TPSA) is 75.5 Å². The van der Waals surface area contributed by atoms with Crippen molar-refractivity contribution in [2.45, 2.75) is 13.0 Å². The van der Waals surface area contributed by atoms with E-state index < -0.39 is 6.04 Å². The van der Waals surface area contributed by atoms with Gasteiger partial charge >= 0.3 is 0 Å². The predicted molar refractivity (Wildman–Crippen MR) is 116 cm³/mol. The molecule has 8 heteroatoms. The van der Waals surface area contributed by atoms with Crippen molar-refractivity contribution in [3.05, 3.63) is 76.9 Å². The zero-order valence-corrected chi connectivity index (χ0v) is 17.0. The molecule has 0 aliphatic rings. The van der Waals surface area contributed by atoms with Crippen LogP contribution in [0.1, 0.15) is 17.3 Å². The van der Waals surface area contributed by atoms with Crippen LogP contribution in [0.15, 0.2) is 66.3 Å². The number of nitrogens with zero attached hydrogens (tertiary/aromatic N) is 2. The van der Waals surface area contributed by atoms with Crippen LogP contribution in [-0.4, -0.2) is 27.2 Å². The molecule has 0 aliphatic heterocycles. The Morgan fingerprint density at radius 1 is 1.10 bits per heavy atom. The second-order valence-corrected chi connectivity index (χ2v) is 7.80. The molecule has 146 valence electrons. The summed E-state index contributed by atoms with van der Waals surface area (Å²) in [6.45, 7) is 1.63. The van der Waals surface area contributed by atoms with Gasteiger partial charge in [0, 0.05) is 39.6 Å². The largest absolute Gasteiger partial charge is 0.341 e. The number of aromatic nitrogens is 2. The lowest BCUT2D eigenvalue weighted by molar-refractivity contribution is -0.117. The lowest BCUT2D eigenvalue weighted by Crippen LogP contribution is -2.41. The van der Waals surface area contributed by atoms with Crippen molar-refractivity contribution in [2.24, 2.45) is 0 Å². The molecule has 1 unspecified atom stereocenters. The minimum absolute atomic E-state index is 0.303. The molecule has 2 aromatic carbocycles. The molecule has 0 saturated heterocycles. The number of thiazole rings is 1. The van der Waals surface area contributed by atoms with Gasteiger partial charge in [0.25, 0.3) is 5.91 Å². The molecule has 0 spiro atoms.